The summed E-state index contributed by atoms with van der Waals surface area (Å²) in [6.45, 7) is 5.61. The molecule has 2 aliphatic heterocycles. The SMILES string of the molecule is Clc1ccc2c(CCN3CCN(c4cccc5c4SCCS5)CC3)c[nH]c2c1. The van der Waals surface area contributed by atoms with E-state index in [1.165, 1.54) is 37.9 Å². The lowest BCUT2D eigenvalue weighted by Gasteiger charge is -2.37. The molecular formula is C22H24ClN3S2. The molecule has 0 atom stereocenters. The molecule has 0 aliphatic carbocycles. The van der Waals surface area contributed by atoms with Gasteiger partial charge in [-0.1, -0.05) is 23.7 Å². The van der Waals surface area contributed by atoms with Crippen molar-refractivity contribution in [2.45, 2.75) is 16.2 Å². The maximum atomic E-state index is 6.10. The number of hydrogen-bond acceptors (Lipinski definition) is 4. The molecule has 0 saturated carbocycles. The number of aromatic amines is 1. The van der Waals surface area contributed by atoms with Gasteiger partial charge in [0.25, 0.3) is 0 Å². The summed E-state index contributed by atoms with van der Waals surface area (Å²) in [6.07, 6.45) is 3.22. The third-order valence-corrected chi connectivity index (χ3v) is 8.49. The van der Waals surface area contributed by atoms with Crippen molar-refractivity contribution in [2.75, 3.05) is 49.1 Å². The van der Waals surface area contributed by atoms with E-state index in [4.69, 9.17) is 11.6 Å². The van der Waals surface area contributed by atoms with Crippen LogP contribution in [0.5, 0.6) is 0 Å². The molecule has 0 unspecified atom stereocenters. The zero-order chi connectivity index (χ0) is 18.9. The van der Waals surface area contributed by atoms with E-state index >= 15 is 0 Å². The molecule has 3 nitrogen and oxygen atoms in total. The predicted octanol–water partition coefficient (Wildman–Crippen LogP) is 5.38. The fourth-order valence-electron chi connectivity index (χ4n) is 4.16. The third-order valence-electron chi connectivity index (χ3n) is 5.69. The van der Waals surface area contributed by atoms with Crippen LogP contribution in [0, 0.1) is 0 Å². The number of fused-ring (bicyclic) bond motifs is 2. The summed E-state index contributed by atoms with van der Waals surface area (Å²) in [6, 6.07) is 12.9. The van der Waals surface area contributed by atoms with Gasteiger partial charge in [-0.3, -0.25) is 4.90 Å². The number of piperazine rings is 1. The lowest BCUT2D eigenvalue weighted by Crippen LogP contribution is -2.47. The molecule has 3 heterocycles. The van der Waals surface area contributed by atoms with Gasteiger partial charge in [-0.25, -0.2) is 0 Å². The molecule has 146 valence electrons. The second-order valence-electron chi connectivity index (χ2n) is 7.38. The zero-order valence-corrected chi connectivity index (χ0v) is 18.2. The standard InChI is InChI=1S/C22H24ClN3S2/c23-17-4-5-18-16(15-24-19(18)14-17)6-7-25-8-10-26(11-9-25)20-2-1-3-21-22(20)28-13-12-27-21/h1-5,14-15,24H,6-13H2. The molecular weight excluding hydrogens is 406 g/mol. The Hall–Kier alpha value is -1.27. The average Bonchev–Trinajstić information content (AvgIpc) is 3.14. The van der Waals surface area contributed by atoms with Gasteiger partial charge in [0.05, 0.1) is 5.69 Å². The molecule has 0 amide bonds. The number of rotatable bonds is 4. The zero-order valence-electron chi connectivity index (χ0n) is 15.8. The number of H-pyrrole nitrogens is 1. The topological polar surface area (TPSA) is 22.3 Å². The van der Waals surface area contributed by atoms with Crippen molar-refractivity contribution in [3.8, 4) is 0 Å². The summed E-state index contributed by atoms with van der Waals surface area (Å²) >= 11 is 10.1. The van der Waals surface area contributed by atoms with Crippen molar-refractivity contribution < 1.29 is 0 Å². The second kappa shape index (κ2) is 8.23. The summed E-state index contributed by atoms with van der Waals surface area (Å²) in [5, 5.41) is 2.09. The van der Waals surface area contributed by atoms with Gasteiger partial charge in [-0.05, 0) is 36.2 Å². The number of anilines is 1. The van der Waals surface area contributed by atoms with Crippen molar-refractivity contribution in [1.29, 1.82) is 0 Å². The molecule has 0 radical (unpaired) electrons. The van der Waals surface area contributed by atoms with Crippen LogP contribution >= 0.6 is 35.1 Å². The quantitative estimate of drug-likeness (QED) is 0.600. The van der Waals surface area contributed by atoms with E-state index in [2.05, 4.69) is 45.2 Å². The van der Waals surface area contributed by atoms with Crippen molar-refractivity contribution in [3.05, 3.63) is 53.2 Å². The first-order chi connectivity index (χ1) is 13.8. The van der Waals surface area contributed by atoms with Gasteiger partial charge in [-0.2, -0.15) is 0 Å². The number of halogens is 1. The highest BCUT2D eigenvalue weighted by atomic mass is 35.5. The van der Waals surface area contributed by atoms with Crippen LogP contribution in [0.3, 0.4) is 0 Å². The molecule has 2 aromatic carbocycles. The van der Waals surface area contributed by atoms with Gasteiger partial charge in [0.1, 0.15) is 0 Å². The number of nitrogens with zero attached hydrogens (tertiary/aromatic N) is 2. The summed E-state index contributed by atoms with van der Waals surface area (Å²) in [7, 11) is 0. The maximum absolute atomic E-state index is 6.10. The van der Waals surface area contributed by atoms with Gasteiger partial charge in [0.2, 0.25) is 0 Å². The predicted molar refractivity (Wildman–Crippen MR) is 124 cm³/mol. The molecule has 3 aromatic rings. The van der Waals surface area contributed by atoms with Crippen LogP contribution in [-0.2, 0) is 6.42 Å². The monoisotopic (exact) mass is 429 g/mol. The second-order valence-corrected chi connectivity index (χ2v) is 10.1. The van der Waals surface area contributed by atoms with E-state index in [0.29, 0.717) is 0 Å². The van der Waals surface area contributed by atoms with Crippen LogP contribution in [0.1, 0.15) is 5.56 Å². The van der Waals surface area contributed by atoms with E-state index in [0.717, 1.165) is 49.7 Å². The molecule has 6 heteroatoms. The van der Waals surface area contributed by atoms with Crippen LogP contribution < -0.4 is 4.90 Å². The summed E-state index contributed by atoms with van der Waals surface area (Å²) in [4.78, 5) is 11.5. The van der Waals surface area contributed by atoms with Gasteiger partial charge >= 0.3 is 0 Å². The Morgan fingerprint density at radius 3 is 2.75 bits per heavy atom. The highest BCUT2D eigenvalue weighted by molar-refractivity contribution is 8.05. The van der Waals surface area contributed by atoms with Crippen molar-refractivity contribution >= 4 is 51.7 Å². The fourth-order valence-corrected chi connectivity index (χ4v) is 6.75. The lowest BCUT2D eigenvalue weighted by molar-refractivity contribution is 0.261. The Bertz CT molecular complexity index is 979. The smallest absolute Gasteiger partial charge is 0.0516 e. The number of thioether (sulfide) groups is 2. The molecule has 1 N–H and O–H groups in total. The molecule has 1 fully saturated rings. The van der Waals surface area contributed by atoms with Gasteiger partial charge in [-0.15, -0.1) is 23.5 Å². The summed E-state index contributed by atoms with van der Waals surface area (Å²) in [5.41, 5.74) is 3.97. The first-order valence-corrected chi connectivity index (χ1v) is 12.2. The Morgan fingerprint density at radius 2 is 1.86 bits per heavy atom. The van der Waals surface area contributed by atoms with Gasteiger partial charge in [0.15, 0.2) is 0 Å². The Morgan fingerprint density at radius 1 is 1.00 bits per heavy atom. The van der Waals surface area contributed by atoms with E-state index in [-0.39, 0.29) is 0 Å². The van der Waals surface area contributed by atoms with Crippen LogP contribution in [0.15, 0.2) is 52.4 Å². The first-order valence-electron chi connectivity index (χ1n) is 9.89. The minimum absolute atomic E-state index is 0.789. The van der Waals surface area contributed by atoms with Crippen LogP contribution in [-0.4, -0.2) is 54.1 Å². The minimum Gasteiger partial charge on any atom is -0.368 e. The molecule has 1 aromatic heterocycles. The molecule has 2 aliphatic rings. The van der Waals surface area contributed by atoms with E-state index in [9.17, 15) is 0 Å². The van der Waals surface area contributed by atoms with Crippen LogP contribution in [0.4, 0.5) is 5.69 Å². The Labute approximate surface area is 179 Å². The lowest BCUT2D eigenvalue weighted by atomic mass is 10.1. The van der Waals surface area contributed by atoms with Gasteiger partial charge < -0.3 is 9.88 Å². The van der Waals surface area contributed by atoms with Gasteiger partial charge in [0, 0.05) is 76.1 Å². The summed E-state index contributed by atoms with van der Waals surface area (Å²) < 4.78 is 0. The molecule has 0 bridgehead atoms. The summed E-state index contributed by atoms with van der Waals surface area (Å²) in [5.74, 6) is 2.46. The van der Waals surface area contributed by atoms with E-state index in [1.807, 2.05) is 35.7 Å². The number of benzene rings is 2. The highest BCUT2D eigenvalue weighted by Gasteiger charge is 2.22. The number of aromatic nitrogens is 1. The van der Waals surface area contributed by atoms with Crippen LogP contribution in [0.2, 0.25) is 5.02 Å². The number of nitrogens with one attached hydrogen (secondary N) is 1. The minimum atomic E-state index is 0.789. The third kappa shape index (κ3) is 3.78. The Balaban J connectivity index is 1.21. The first kappa shape index (κ1) is 18.7. The van der Waals surface area contributed by atoms with E-state index < -0.39 is 0 Å². The number of hydrogen-bond donors (Lipinski definition) is 1. The highest BCUT2D eigenvalue weighted by Crippen LogP contribution is 2.42. The van der Waals surface area contributed by atoms with Crippen molar-refractivity contribution in [1.82, 2.24) is 9.88 Å². The van der Waals surface area contributed by atoms with Crippen LogP contribution in [0.25, 0.3) is 10.9 Å². The van der Waals surface area contributed by atoms with Crippen molar-refractivity contribution in [3.63, 3.8) is 0 Å². The van der Waals surface area contributed by atoms with Crippen molar-refractivity contribution in [2.24, 2.45) is 0 Å². The average molecular weight is 430 g/mol. The normalized spacial score (nSPS) is 17.8. The van der Waals surface area contributed by atoms with E-state index in [1.54, 1.807) is 0 Å². The molecule has 5 rings (SSSR count). The largest absolute Gasteiger partial charge is 0.368 e. The molecule has 28 heavy (non-hydrogen) atoms. The molecule has 0 spiro atoms. The fraction of sp³-hybridized carbons (Fsp3) is 0.364. The maximum Gasteiger partial charge on any atom is 0.0516 e. The Kier molecular flexibility index (Phi) is 5.51. The molecule has 1 saturated heterocycles.